The van der Waals surface area contributed by atoms with E-state index in [1.165, 1.54) is 17.3 Å². The molecule has 0 radical (unpaired) electrons. The number of thioether (sulfide) groups is 1. The molecular formula is C32H42ClN5O4S. The largest absolute Gasteiger partial charge is 0.408 e. The molecule has 11 heteroatoms. The number of aromatic nitrogens is 2. The lowest BCUT2D eigenvalue weighted by Crippen LogP contribution is -2.62. The van der Waals surface area contributed by atoms with Crippen molar-refractivity contribution in [3.8, 4) is 0 Å². The fourth-order valence-electron chi connectivity index (χ4n) is 5.22. The molecule has 1 aromatic heterocycles. The molecule has 1 heterocycles. The molecule has 43 heavy (non-hydrogen) atoms. The Morgan fingerprint density at radius 1 is 0.977 bits per heavy atom. The lowest BCUT2D eigenvalue weighted by Gasteiger charge is -2.37. The number of Topliss-reactive ketones (excluding diaryl/α,β-unsaturated/α-hetero) is 1. The first-order valence-electron chi connectivity index (χ1n) is 14.7. The molecule has 3 aromatic rings. The zero-order valence-electron chi connectivity index (χ0n) is 25.1. The summed E-state index contributed by atoms with van der Waals surface area (Å²) >= 11 is 1.39. The van der Waals surface area contributed by atoms with Crippen molar-refractivity contribution in [1.82, 2.24) is 25.7 Å². The summed E-state index contributed by atoms with van der Waals surface area (Å²) in [6, 6.07) is 18.3. The normalized spacial score (nSPS) is 15.0. The number of nitrogens with one attached hydrogen (secondary N) is 2. The second kappa shape index (κ2) is 16.6. The van der Waals surface area contributed by atoms with Crippen molar-refractivity contribution in [2.24, 2.45) is 5.92 Å². The Bertz CT molecular complexity index is 1320. The molecule has 0 spiro atoms. The second-order valence-electron chi connectivity index (χ2n) is 11.4. The molecule has 0 aliphatic heterocycles. The van der Waals surface area contributed by atoms with Gasteiger partial charge in [0.1, 0.15) is 5.54 Å². The fourth-order valence-corrected chi connectivity index (χ4v) is 6.04. The van der Waals surface area contributed by atoms with Gasteiger partial charge in [0, 0.05) is 24.4 Å². The number of carbonyl (C=O) groups is 3. The predicted octanol–water partition coefficient (Wildman–Crippen LogP) is 5.56. The van der Waals surface area contributed by atoms with Gasteiger partial charge in [-0.25, -0.2) is 0 Å². The highest BCUT2D eigenvalue weighted by molar-refractivity contribution is 7.99. The summed E-state index contributed by atoms with van der Waals surface area (Å²) in [5.41, 5.74) is 0.651. The lowest BCUT2D eigenvalue weighted by molar-refractivity contribution is -0.129. The van der Waals surface area contributed by atoms with Gasteiger partial charge in [0.15, 0.2) is 0 Å². The third kappa shape index (κ3) is 9.91. The fraction of sp³-hybridized carbons (Fsp3) is 0.469. The monoisotopic (exact) mass is 627 g/mol. The summed E-state index contributed by atoms with van der Waals surface area (Å²) in [4.78, 5) is 42.6. The molecule has 1 aliphatic rings. The van der Waals surface area contributed by atoms with Crippen LogP contribution < -0.4 is 10.6 Å². The molecule has 1 aliphatic carbocycles. The van der Waals surface area contributed by atoms with Crippen molar-refractivity contribution < 1.29 is 18.8 Å². The zero-order valence-corrected chi connectivity index (χ0v) is 26.7. The highest BCUT2D eigenvalue weighted by atomic mass is 35.5. The third-order valence-electron chi connectivity index (χ3n) is 7.47. The molecule has 1 atom stereocenters. The van der Waals surface area contributed by atoms with Gasteiger partial charge in [-0.05, 0) is 49.9 Å². The van der Waals surface area contributed by atoms with Gasteiger partial charge < -0.3 is 20.0 Å². The third-order valence-corrected chi connectivity index (χ3v) is 8.27. The van der Waals surface area contributed by atoms with E-state index in [9.17, 15) is 14.4 Å². The molecule has 2 aromatic carbocycles. The van der Waals surface area contributed by atoms with Crippen molar-refractivity contribution in [2.75, 3.05) is 19.3 Å². The number of carbonyl (C=O) groups excluding carboxylic acids is 3. The van der Waals surface area contributed by atoms with Crippen molar-refractivity contribution in [3.63, 3.8) is 0 Å². The van der Waals surface area contributed by atoms with Crippen molar-refractivity contribution in [2.45, 2.75) is 75.7 Å². The number of hydrogen-bond acceptors (Lipinski definition) is 8. The summed E-state index contributed by atoms with van der Waals surface area (Å²) in [5, 5.41) is 14.4. The Morgan fingerprint density at radius 3 is 2.28 bits per heavy atom. The number of halogens is 1. The number of rotatable bonds is 14. The quantitative estimate of drug-likeness (QED) is 0.176. The van der Waals surface area contributed by atoms with E-state index in [0.29, 0.717) is 30.0 Å². The van der Waals surface area contributed by atoms with E-state index >= 15 is 0 Å². The molecule has 1 fully saturated rings. The van der Waals surface area contributed by atoms with Crippen molar-refractivity contribution >= 4 is 41.8 Å². The number of benzene rings is 2. The van der Waals surface area contributed by atoms with Crippen LogP contribution in [0.1, 0.15) is 79.0 Å². The SMILES string of the molecule is CC(C)CC(NC(=O)C1(NC(=O)c2ccccc2)CCCCC1)C(=O)c1nnc(SCCN(C)Cc2ccccc2)o1.Cl. The van der Waals surface area contributed by atoms with Crippen LogP contribution in [0.3, 0.4) is 0 Å². The molecule has 1 unspecified atom stereocenters. The highest BCUT2D eigenvalue weighted by Gasteiger charge is 2.43. The molecule has 0 bridgehead atoms. The number of amides is 2. The Labute approximate surface area is 264 Å². The lowest BCUT2D eigenvalue weighted by atomic mass is 9.80. The van der Waals surface area contributed by atoms with Crippen LogP contribution in [0.25, 0.3) is 0 Å². The molecule has 2 amide bonds. The van der Waals surface area contributed by atoms with Gasteiger partial charge in [-0.1, -0.05) is 93.4 Å². The first-order valence-corrected chi connectivity index (χ1v) is 15.7. The van der Waals surface area contributed by atoms with E-state index in [1.807, 2.05) is 38.1 Å². The summed E-state index contributed by atoms with van der Waals surface area (Å²) in [7, 11) is 2.05. The number of ketones is 1. The van der Waals surface area contributed by atoms with E-state index in [1.54, 1.807) is 24.3 Å². The minimum Gasteiger partial charge on any atom is -0.408 e. The maximum atomic E-state index is 13.8. The summed E-state index contributed by atoms with van der Waals surface area (Å²) in [6.45, 7) is 5.61. The molecule has 1 saturated carbocycles. The van der Waals surface area contributed by atoms with Crippen LogP contribution in [0.4, 0.5) is 0 Å². The molecule has 232 valence electrons. The Kier molecular flexibility index (Phi) is 13.2. The molecule has 9 nitrogen and oxygen atoms in total. The topological polar surface area (TPSA) is 117 Å². The van der Waals surface area contributed by atoms with Crippen LogP contribution in [0.5, 0.6) is 0 Å². The summed E-state index contributed by atoms with van der Waals surface area (Å²) < 4.78 is 5.73. The number of hydrogen-bond donors (Lipinski definition) is 2. The van der Waals surface area contributed by atoms with Crippen LogP contribution in [0.15, 0.2) is 70.3 Å². The molecule has 4 rings (SSSR count). The van der Waals surface area contributed by atoms with Gasteiger partial charge in [-0.3, -0.25) is 14.4 Å². The minimum atomic E-state index is -1.08. The molecule has 0 saturated heterocycles. The van der Waals surface area contributed by atoms with Gasteiger partial charge in [-0.2, -0.15) is 0 Å². The first-order chi connectivity index (χ1) is 20.3. The van der Waals surface area contributed by atoms with Gasteiger partial charge >= 0.3 is 0 Å². The van der Waals surface area contributed by atoms with Crippen LogP contribution in [0.2, 0.25) is 0 Å². The van der Waals surface area contributed by atoms with Crippen LogP contribution in [0, 0.1) is 5.92 Å². The van der Waals surface area contributed by atoms with E-state index in [4.69, 9.17) is 4.42 Å². The van der Waals surface area contributed by atoms with E-state index < -0.39 is 17.4 Å². The second-order valence-corrected chi connectivity index (χ2v) is 12.5. The zero-order chi connectivity index (χ0) is 30.0. The number of nitrogens with zero attached hydrogens (tertiary/aromatic N) is 3. The predicted molar refractivity (Wildman–Crippen MR) is 170 cm³/mol. The average molecular weight is 628 g/mol. The summed E-state index contributed by atoms with van der Waals surface area (Å²) in [6.07, 6.45) is 4.06. The Morgan fingerprint density at radius 2 is 1.63 bits per heavy atom. The first kappa shape index (κ1) is 34.3. The van der Waals surface area contributed by atoms with Crippen molar-refractivity contribution in [3.05, 3.63) is 77.7 Å². The smallest absolute Gasteiger partial charge is 0.286 e. The molecule has 2 N–H and O–H groups in total. The minimum absolute atomic E-state index is 0. The summed E-state index contributed by atoms with van der Waals surface area (Å²) in [5.74, 6) is -0.342. The maximum Gasteiger partial charge on any atom is 0.286 e. The maximum absolute atomic E-state index is 13.8. The highest BCUT2D eigenvalue weighted by Crippen LogP contribution is 2.30. The van der Waals surface area contributed by atoms with E-state index in [2.05, 4.69) is 44.9 Å². The van der Waals surface area contributed by atoms with Crippen LogP contribution in [-0.2, 0) is 11.3 Å². The van der Waals surface area contributed by atoms with Gasteiger partial charge in [-0.15, -0.1) is 22.6 Å². The van der Waals surface area contributed by atoms with Gasteiger partial charge in [0.05, 0.1) is 6.04 Å². The molecular weight excluding hydrogens is 586 g/mol. The van der Waals surface area contributed by atoms with Gasteiger partial charge in [0.25, 0.3) is 17.0 Å². The van der Waals surface area contributed by atoms with Gasteiger partial charge in [0.2, 0.25) is 11.7 Å². The Balaban J connectivity index is 0.00000506. The van der Waals surface area contributed by atoms with Crippen LogP contribution >= 0.6 is 24.2 Å². The van der Waals surface area contributed by atoms with E-state index in [0.717, 1.165) is 38.1 Å². The van der Waals surface area contributed by atoms with E-state index in [-0.39, 0.29) is 36.0 Å². The average Bonchev–Trinajstić information content (AvgIpc) is 3.46. The van der Waals surface area contributed by atoms with Crippen LogP contribution in [-0.4, -0.2) is 63.6 Å². The standard InChI is InChI=1S/C32H41N5O4S.ClH/c1-23(2)21-26(33-30(40)32(17-11-6-12-18-32)34-28(39)25-15-9-5-10-16-25)27(38)29-35-36-31(41-29)42-20-19-37(3)22-24-13-7-4-8-14-24;/h4-5,7-10,13-16,23,26H,6,11-12,17-22H2,1-3H3,(H,33,40)(H,34,39);1H. The van der Waals surface area contributed by atoms with Crippen molar-refractivity contribution in [1.29, 1.82) is 0 Å². The Hall–Kier alpha value is -3.21.